The number of fused-ring (bicyclic) bond motifs is 1. The number of hydrogen-bond acceptors (Lipinski definition) is 11. The van der Waals surface area contributed by atoms with Gasteiger partial charge in [0.2, 0.25) is 0 Å². The highest BCUT2D eigenvalue weighted by Crippen LogP contribution is 2.51. The molecule has 0 aliphatic carbocycles. The molecule has 0 saturated heterocycles. The number of benzene rings is 2. The zero-order valence-electron chi connectivity index (χ0n) is 28.7. The fourth-order valence-corrected chi connectivity index (χ4v) is 6.54. The van der Waals surface area contributed by atoms with Gasteiger partial charge in [-0.05, 0) is 95.0 Å². The molecule has 2 aromatic rings. The summed E-state index contributed by atoms with van der Waals surface area (Å²) in [5, 5.41) is 12.4. The fraction of sp³-hybridized carbons (Fsp3) is 0.486. The number of methoxy groups -OCH3 is 1. The first-order valence-electron chi connectivity index (χ1n) is 16.4. The van der Waals surface area contributed by atoms with Gasteiger partial charge in [-0.1, -0.05) is 42.2 Å². The van der Waals surface area contributed by atoms with Gasteiger partial charge in [0.05, 0.1) is 54.6 Å². The summed E-state index contributed by atoms with van der Waals surface area (Å²) in [6.07, 6.45) is 11.0. The van der Waals surface area contributed by atoms with E-state index in [1.54, 1.807) is 11.1 Å². The van der Waals surface area contributed by atoms with Crippen molar-refractivity contribution < 1.29 is 42.0 Å². The van der Waals surface area contributed by atoms with Crippen molar-refractivity contribution in [2.24, 2.45) is 4.99 Å². The molecule has 1 unspecified atom stereocenters. The van der Waals surface area contributed by atoms with Crippen LogP contribution in [-0.4, -0.2) is 69.5 Å². The van der Waals surface area contributed by atoms with Crippen molar-refractivity contribution in [1.29, 1.82) is 0 Å². The Bertz CT molecular complexity index is 1440. The van der Waals surface area contributed by atoms with E-state index in [0.717, 1.165) is 53.9 Å². The number of carbonyl (C=O) groups is 1. The van der Waals surface area contributed by atoms with Crippen LogP contribution >= 0.6 is 12.0 Å². The van der Waals surface area contributed by atoms with E-state index in [2.05, 4.69) is 42.1 Å². The highest BCUT2D eigenvalue weighted by Gasteiger charge is 2.43. The number of quaternary nitrogens is 1. The molecule has 1 heterocycles. The molecule has 0 spiro atoms. The molecule has 48 heavy (non-hydrogen) atoms. The molecule has 0 bridgehead atoms. The topological polar surface area (TPSA) is 142 Å². The van der Waals surface area contributed by atoms with Crippen LogP contribution < -0.4 is 9.80 Å². The van der Waals surface area contributed by atoms with E-state index in [-0.39, 0.29) is 12.4 Å². The van der Waals surface area contributed by atoms with Gasteiger partial charge < -0.3 is 19.1 Å². The van der Waals surface area contributed by atoms with Crippen LogP contribution in [0.4, 0.5) is 11.4 Å². The third-order valence-electron chi connectivity index (χ3n) is 8.36. The van der Waals surface area contributed by atoms with E-state index >= 15 is 0 Å². The summed E-state index contributed by atoms with van der Waals surface area (Å²) >= 11 is 0.857. The number of ether oxygens (including phenoxy) is 1. The van der Waals surface area contributed by atoms with Gasteiger partial charge in [-0.15, -0.1) is 4.33 Å². The monoisotopic (exact) mass is 705 g/mol. The minimum absolute atomic E-state index is 0.162. The van der Waals surface area contributed by atoms with Crippen LogP contribution in [-0.2, 0) is 34.4 Å². The highest BCUT2D eigenvalue weighted by molar-refractivity contribution is 7.94. The summed E-state index contributed by atoms with van der Waals surface area (Å²) in [4.78, 5) is 20.4. The largest absolute Gasteiger partial charge is 0.748 e. The molecule has 0 saturated carbocycles. The molecule has 13 heteroatoms. The number of esters is 1. The first-order chi connectivity index (χ1) is 23.0. The van der Waals surface area contributed by atoms with Gasteiger partial charge in [0.25, 0.3) is 0 Å². The lowest BCUT2D eigenvalue weighted by molar-refractivity contribution is -0.894. The van der Waals surface area contributed by atoms with Crippen LogP contribution in [0.25, 0.3) is 0 Å². The van der Waals surface area contributed by atoms with Crippen LogP contribution in [0.5, 0.6) is 0 Å². The summed E-state index contributed by atoms with van der Waals surface area (Å²) in [5.41, 5.74) is 3.15. The number of rotatable bonds is 19. The number of aliphatic imine (C=N–C) groups is 1. The Morgan fingerprint density at radius 2 is 1.75 bits per heavy atom. The Hall–Kier alpha value is -3.04. The Morgan fingerprint density at radius 1 is 1.04 bits per heavy atom. The number of nitrogens with one attached hydrogen (secondary N) is 1. The smallest absolute Gasteiger partial charge is 0.305 e. The predicted molar refractivity (Wildman–Crippen MR) is 190 cm³/mol. The third-order valence-corrected chi connectivity index (χ3v) is 9.73. The van der Waals surface area contributed by atoms with E-state index in [1.807, 2.05) is 71.7 Å². The third kappa shape index (κ3) is 13.8. The molecule has 1 aliphatic heterocycles. The van der Waals surface area contributed by atoms with Crippen molar-refractivity contribution >= 4 is 45.7 Å². The van der Waals surface area contributed by atoms with Gasteiger partial charge in [-0.25, -0.2) is 13.7 Å². The Morgan fingerprint density at radius 3 is 2.35 bits per heavy atom. The molecule has 1 aliphatic rings. The summed E-state index contributed by atoms with van der Waals surface area (Å²) in [7, 11) is -2.98. The van der Waals surface area contributed by atoms with Gasteiger partial charge in [0, 0.05) is 46.6 Å². The van der Waals surface area contributed by atoms with Crippen molar-refractivity contribution in [2.75, 3.05) is 43.9 Å². The summed E-state index contributed by atoms with van der Waals surface area (Å²) < 4.78 is 43.4. The van der Waals surface area contributed by atoms with Crippen LogP contribution in [0.2, 0.25) is 0 Å². The second-order valence-electron chi connectivity index (χ2n) is 11.5. The van der Waals surface area contributed by atoms with Crippen molar-refractivity contribution in [2.45, 2.75) is 76.5 Å². The summed E-state index contributed by atoms with van der Waals surface area (Å²) in [6.45, 7) is 12.9. The maximum atomic E-state index is 11.5. The Kier molecular flexibility index (Phi) is 18.7. The van der Waals surface area contributed by atoms with Crippen LogP contribution in [0, 0.1) is 0 Å². The van der Waals surface area contributed by atoms with Crippen LogP contribution in [0.3, 0.4) is 0 Å². The molecular formula is C35H51N3O8S2. The second kappa shape index (κ2) is 21.8. The van der Waals surface area contributed by atoms with E-state index in [9.17, 15) is 17.8 Å². The van der Waals surface area contributed by atoms with Gasteiger partial charge >= 0.3 is 5.97 Å². The van der Waals surface area contributed by atoms with E-state index in [1.165, 1.54) is 26.7 Å². The average molecular weight is 706 g/mol. The lowest BCUT2D eigenvalue weighted by Gasteiger charge is -2.30. The number of para-hydroxylation sites is 1. The molecule has 11 nitrogen and oxygen atoms in total. The lowest BCUT2D eigenvalue weighted by Crippen LogP contribution is -3.11. The summed E-state index contributed by atoms with van der Waals surface area (Å²) in [6, 6.07) is 15.2. The second-order valence-corrected chi connectivity index (χ2v) is 13.8. The minimum atomic E-state index is -4.36. The fourth-order valence-electron chi connectivity index (χ4n) is 5.66. The molecule has 0 radical (unpaired) electrons. The SMILES string of the molecule is CC[NH+](CC)CC.COC(=O)CCCCCC1(C)C(=CC=CC=Nc2ccccc2)N(CCCS(=O)(=O)[O-])c2ccc(SOOO)cc21. The van der Waals surface area contributed by atoms with Gasteiger partial charge in [-0.2, -0.15) is 0 Å². The van der Waals surface area contributed by atoms with Crippen molar-refractivity contribution in [3.8, 4) is 0 Å². The van der Waals surface area contributed by atoms with E-state index in [0.29, 0.717) is 24.3 Å². The molecular weight excluding hydrogens is 655 g/mol. The molecule has 3 rings (SSSR count). The van der Waals surface area contributed by atoms with Gasteiger partial charge in [0.1, 0.15) is 0 Å². The molecule has 266 valence electrons. The number of allylic oxidation sites excluding steroid dienone is 4. The predicted octanol–water partition coefficient (Wildman–Crippen LogP) is 6.03. The Balaban J connectivity index is 0.00000103. The number of carbonyl (C=O) groups excluding carboxylic acids is 1. The number of unbranched alkanes of at least 4 members (excludes halogenated alkanes) is 2. The average Bonchev–Trinajstić information content (AvgIpc) is 3.30. The van der Waals surface area contributed by atoms with Crippen molar-refractivity contribution in [3.63, 3.8) is 0 Å². The quantitative estimate of drug-likeness (QED) is 0.0339. The number of anilines is 1. The van der Waals surface area contributed by atoms with E-state index < -0.39 is 21.3 Å². The first-order valence-corrected chi connectivity index (χ1v) is 18.7. The molecule has 0 fully saturated rings. The minimum Gasteiger partial charge on any atom is -0.748 e. The van der Waals surface area contributed by atoms with Crippen LogP contribution in [0.1, 0.15) is 71.8 Å². The standard InChI is InChI=1S/C29H36N2O8S2.C6H15N/c1-29(18-9-4-7-15-28(32)37-2)25-22-24(40-39-38-33)16-17-26(25)31(20-11-21-41(34,35)36)27(29)14-8-10-19-30-23-12-5-3-6-13-23;1-4-7(5-2)6-3/h3,5-6,8,10,12-14,16-17,19,22,33H,4,7,9,11,15,18,20-21H2,1-2H3,(H,34,35,36);4-6H2,1-3H3. The molecule has 1 atom stereocenters. The Labute approximate surface area is 290 Å². The molecule has 2 N–H and O–H groups in total. The molecule has 2 aromatic carbocycles. The van der Waals surface area contributed by atoms with Gasteiger partial charge in [-0.3, -0.25) is 9.79 Å². The molecule has 0 amide bonds. The number of nitrogens with zero attached hydrogens (tertiary/aromatic N) is 2. The van der Waals surface area contributed by atoms with Crippen LogP contribution in [0.15, 0.2) is 82.3 Å². The zero-order valence-corrected chi connectivity index (χ0v) is 30.4. The van der Waals surface area contributed by atoms with E-state index in [4.69, 9.17) is 9.99 Å². The zero-order chi connectivity index (χ0) is 35.4. The first kappa shape index (κ1) is 41.1. The lowest BCUT2D eigenvalue weighted by atomic mass is 9.77. The normalized spacial score (nSPS) is 16.9. The molecule has 0 aromatic heterocycles. The van der Waals surface area contributed by atoms with Crippen molar-refractivity contribution in [3.05, 3.63) is 78.0 Å². The maximum absolute atomic E-state index is 11.5. The van der Waals surface area contributed by atoms with Gasteiger partial charge in [0.15, 0.2) is 0 Å². The maximum Gasteiger partial charge on any atom is 0.305 e. The van der Waals surface area contributed by atoms with Crippen molar-refractivity contribution in [1.82, 2.24) is 0 Å². The number of hydrogen-bond donors (Lipinski definition) is 2. The highest BCUT2D eigenvalue weighted by atomic mass is 32.2. The summed E-state index contributed by atoms with van der Waals surface area (Å²) in [5.74, 6) is -0.705.